The topological polar surface area (TPSA) is 52.6 Å². The van der Waals surface area contributed by atoms with Gasteiger partial charge in [-0.25, -0.2) is 0 Å². The molecular formula is C16H32O4Si. The molecule has 0 unspecified atom stereocenters. The number of hydrogen-bond acceptors (Lipinski definition) is 4. The molecule has 0 rings (SSSR count). The van der Waals surface area contributed by atoms with E-state index in [-0.39, 0.29) is 23.4 Å². The minimum absolute atomic E-state index is 0.249. The molecule has 0 saturated heterocycles. The normalized spacial score (nSPS) is 13.5. The summed E-state index contributed by atoms with van der Waals surface area (Å²) in [5.74, 6) is 0. The number of rotatable bonds is 4. The van der Waals surface area contributed by atoms with Gasteiger partial charge in [0.15, 0.2) is 0 Å². The Labute approximate surface area is 130 Å². The van der Waals surface area contributed by atoms with Crippen molar-refractivity contribution in [1.82, 2.24) is 0 Å². The lowest BCUT2D eigenvalue weighted by molar-refractivity contribution is 0.125. The van der Waals surface area contributed by atoms with Crippen LogP contribution in [0.1, 0.15) is 69.2 Å². The molecule has 0 aromatic rings. The van der Waals surface area contributed by atoms with E-state index >= 15 is 0 Å². The summed E-state index contributed by atoms with van der Waals surface area (Å²) in [4.78, 5) is 25.9. The minimum atomic E-state index is -3.25. The summed E-state index contributed by atoms with van der Waals surface area (Å²) in [5.41, 5.74) is -0.744. The smallest absolute Gasteiger partial charge is 0.322 e. The zero-order chi connectivity index (χ0) is 17.2. The molecule has 0 amide bonds. The van der Waals surface area contributed by atoms with Crippen LogP contribution in [0.2, 0.25) is 10.1 Å². The molecule has 0 radical (unpaired) electrons. The summed E-state index contributed by atoms with van der Waals surface area (Å²) in [6, 6.07) is 0. The maximum Gasteiger partial charge on any atom is 0.322 e. The van der Waals surface area contributed by atoms with E-state index in [4.69, 9.17) is 9.47 Å². The van der Waals surface area contributed by atoms with Gasteiger partial charge in [-0.2, -0.15) is 0 Å². The third-order valence-corrected chi connectivity index (χ3v) is 9.51. The standard InChI is InChI=1S/C16H32O4Si/c1-11(2)19-13(17)21(15(5,6)7,16(8,9)10)14(18)20-12(3)4/h11-12H,1-10H3. The molecule has 0 heterocycles. The number of carbonyl (C=O) groups is 2. The van der Waals surface area contributed by atoms with Gasteiger partial charge in [-0.1, -0.05) is 41.5 Å². The summed E-state index contributed by atoms with van der Waals surface area (Å²) < 4.78 is 11.0. The molecule has 5 heteroatoms. The number of ether oxygens (including phenoxy) is 2. The van der Waals surface area contributed by atoms with Crippen molar-refractivity contribution in [2.24, 2.45) is 0 Å². The Morgan fingerprint density at radius 2 is 0.952 bits per heavy atom. The van der Waals surface area contributed by atoms with Gasteiger partial charge in [0.05, 0.1) is 12.2 Å². The zero-order valence-electron chi connectivity index (χ0n) is 15.3. The maximum absolute atomic E-state index is 12.9. The van der Waals surface area contributed by atoms with Gasteiger partial charge < -0.3 is 9.47 Å². The van der Waals surface area contributed by atoms with Gasteiger partial charge in [0.2, 0.25) is 0 Å². The first-order chi connectivity index (χ1) is 9.17. The monoisotopic (exact) mass is 316 g/mol. The molecule has 0 aliphatic heterocycles. The molecule has 0 aromatic heterocycles. The van der Waals surface area contributed by atoms with Gasteiger partial charge in [0.25, 0.3) is 11.2 Å². The average molecular weight is 317 g/mol. The van der Waals surface area contributed by atoms with Gasteiger partial charge in [-0.3, -0.25) is 9.59 Å². The molecule has 0 atom stereocenters. The summed E-state index contributed by atoms with van der Waals surface area (Å²) >= 11 is 0. The van der Waals surface area contributed by atoms with Crippen LogP contribution >= 0.6 is 0 Å². The van der Waals surface area contributed by atoms with E-state index in [2.05, 4.69) is 0 Å². The Morgan fingerprint density at radius 1 is 0.714 bits per heavy atom. The lowest BCUT2D eigenvalue weighted by Crippen LogP contribution is -2.65. The molecule has 0 aromatic carbocycles. The molecule has 21 heavy (non-hydrogen) atoms. The second-order valence-electron chi connectivity index (χ2n) is 8.16. The summed E-state index contributed by atoms with van der Waals surface area (Å²) in [5, 5.41) is -0.994. The first-order valence-corrected chi connectivity index (χ1v) is 9.60. The van der Waals surface area contributed by atoms with Crippen LogP contribution in [-0.2, 0) is 9.47 Å². The van der Waals surface area contributed by atoms with Crippen LogP contribution in [-0.4, -0.2) is 31.5 Å². The first kappa shape index (κ1) is 20.2. The van der Waals surface area contributed by atoms with E-state index < -0.39 is 18.2 Å². The fourth-order valence-electron chi connectivity index (χ4n) is 3.04. The van der Waals surface area contributed by atoms with Gasteiger partial charge in [-0.05, 0) is 37.8 Å². The Bertz CT molecular complexity index is 348. The van der Waals surface area contributed by atoms with Gasteiger partial charge >= 0.3 is 8.07 Å². The molecule has 0 aliphatic rings. The molecule has 4 nitrogen and oxygen atoms in total. The average Bonchev–Trinajstić information content (AvgIpc) is 2.09. The van der Waals surface area contributed by atoms with E-state index in [1.807, 2.05) is 41.5 Å². The molecule has 0 N–H and O–H groups in total. The van der Waals surface area contributed by atoms with Crippen LogP contribution in [0.15, 0.2) is 0 Å². The Hall–Kier alpha value is -0.843. The fourth-order valence-corrected chi connectivity index (χ4v) is 8.73. The SMILES string of the molecule is CC(C)OC(=O)[Si](C(=O)OC(C)C)(C(C)(C)C)C(C)(C)C. The summed E-state index contributed by atoms with van der Waals surface area (Å²) in [6.45, 7) is 18.8. The van der Waals surface area contributed by atoms with Crippen molar-refractivity contribution >= 4 is 19.3 Å². The first-order valence-electron chi connectivity index (χ1n) is 7.60. The van der Waals surface area contributed by atoms with E-state index in [0.717, 1.165) is 0 Å². The molecule has 0 fully saturated rings. The highest BCUT2D eigenvalue weighted by Gasteiger charge is 2.68. The van der Waals surface area contributed by atoms with E-state index in [1.54, 1.807) is 27.7 Å². The molecule has 0 saturated carbocycles. The Balaban J connectivity index is 6.16. The van der Waals surface area contributed by atoms with Gasteiger partial charge in [0, 0.05) is 0 Å². The van der Waals surface area contributed by atoms with Crippen LogP contribution in [0.25, 0.3) is 0 Å². The third-order valence-electron chi connectivity index (χ3n) is 3.55. The van der Waals surface area contributed by atoms with Crippen molar-refractivity contribution in [3.05, 3.63) is 0 Å². The van der Waals surface area contributed by atoms with Crippen LogP contribution in [0.3, 0.4) is 0 Å². The highest BCUT2D eigenvalue weighted by molar-refractivity contribution is 7.26. The number of carbonyl (C=O) groups excluding carboxylic acids is 2. The second-order valence-corrected chi connectivity index (χ2v) is 13.5. The van der Waals surface area contributed by atoms with E-state index in [1.165, 1.54) is 0 Å². The molecule has 124 valence electrons. The van der Waals surface area contributed by atoms with Crippen LogP contribution < -0.4 is 0 Å². The van der Waals surface area contributed by atoms with E-state index in [0.29, 0.717) is 0 Å². The highest BCUT2D eigenvalue weighted by Crippen LogP contribution is 2.53. The summed E-state index contributed by atoms with van der Waals surface area (Å²) in [7, 11) is -3.25. The molecule has 0 spiro atoms. The predicted octanol–water partition coefficient (Wildman–Crippen LogP) is 5.29. The van der Waals surface area contributed by atoms with Crippen LogP contribution in [0, 0.1) is 0 Å². The minimum Gasteiger partial charge on any atom is -0.467 e. The highest BCUT2D eigenvalue weighted by atomic mass is 28.3. The van der Waals surface area contributed by atoms with E-state index in [9.17, 15) is 9.59 Å². The van der Waals surface area contributed by atoms with Gasteiger partial charge in [0.1, 0.15) is 0 Å². The lowest BCUT2D eigenvalue weighted by Gasteiger charge is -2.46. The second kappa shape index (κ2) is 6.51. The molecule has 0 aliphatic carbocycles. The zero-order valence-corrected chi connectivity index (χ0v) is 16.3. The van der Waals surface area contributed by atoms with Crippen molar-refractivity contribution in [2.75, 3.05) is 0 Å². The molecular weight excluding hydrogens is 284 g/mol. The lowest BCUT2D eigenvalue weighted by atomic mass is 10.2. The predicted molar refractivity (Wildman–Crippen MR) is 88.4 cm³/mol. The Morgan fingerprint density at radius 3 is 1.10 bits per heavy atom. The van der Waals surface area contributed by atoms with Crippen molar-refractivity contribution in [1.29, 1.82) is 0 Å². The van der Waals surface area contributed by atoms with Crippen molar-refractivity contribution in [2.45, 2.75) is 91.5 Å². The molecule has 0 bridgehead atoms. The van der Waals surface area contributed by atoms with Crippen molar-refractivity contribution < 1.29 is 19.1 Å². The largest absolute Gasteiger partial charge is 0.467 e. The quantitative estimate of drug-likeness (QED) is 0.661. The third kappa shape index (κ3) is 4.08. The Kier molecular flexibility index (Phi) is 6.24. The van der Waals surface area contributed by atoms with Crippen molar-refractivity contribution in [3.63, 3.8) is 0 Å². The van der Waals surface area contributed by atoms with Crippen molar-refractivity contribution in [3.8, 4) is 0 Å². The summed E-state index contributed by atoms with van der Waals surface area (Å²) in [6.07, 6.45) is -0.498. The van der Waals surface area contributed by atoms with Gasteiger partial charge in [-0.15, -0.1) is 0 Å². The number of hydrogen-bond donors (Lipinski definition) is 0. The fraction of sp³-hybridized carbons (Fsp3) is 0.875. The maximum atomic E-state index is 12.9. The van der Waals surface area contributed by atoms with Crippen LogP contribution in [0.4, 0.5) is 9.59 Å². The van der Waals surface area contributed by atoms with Crippen LogP contribution in [0.5, 0.6) is 0 Å².